The van der Waals surface area contributed by atoms with Gasteiger partial charge in [-0.2, -0.15) is 4.57 Å². The third-order valence-electron chi connectivity index (χ3n) is 6.94. The van der Waals surface area contributed by atoms with Gasteiger partial charge in [0.2, 0.25) is 0 Å². The van der Waals surface area contributed by atoms with Crippen LogP contribution < -0.4 is 17.0 Å². The molecule has 0 atom stereocenters. The number of rotatable bonds is 20. The van der Waals surface area contributed by atoms with E-state index in [0.29, 0.717) is 19.8 Å². The zero-order valence-electron chi connectivity index (χ0n) is 27.3. The molecule has 0 spiro atoms. The average molecular weight is 667 g/mol. The summed E-state index contributed by atoms with van der Waals surface area (Å²) in [4.78, 5) is 46.8. The number of aromatic nitrogens is 1. The average Bonchev–Trinajstić information content (AvgIpc) is 2.99. The van der Waals surface area contributed by atoms with E-state index in [0.717, 1.165) is 69.4 Å². The number of amides is 1. The Kier molecular flexibility index (Phi) is 18.4. The summed E-state index contributed by atoms with van der Waals surface area (Å²) in [7, 11) is 1.33. The third-order valence-corrected chi connectivity index (χ3v) is 6.94. The van der Waals surface area contributed by atoms with Crippen molar-refractivity contribution in [3.05, 3.63) is 68.5 Å². The number of benzene rings is 1. The van der Waals surface area contributed by atoms with Crippen LogP contribution in [0.25, 0.3) is 5.69 Å². The quantitative estimate of drug-likeness (QED) is 0.0681. The molecule has 1 amide bonds. The minimum absolute atomic E-state index is 0. The number of esters is 1. The SMILES string of the molecule is COC(=O)CCN(CCCCCCCCCOCCCc1ccc[n+](-c2ccc([N+](=O)[O-])cc2[N+](=O)[O-])c1)C(=O)OC(C)(C)C.[Cl-]. The lowest BCUT2D eigenvalue weighted by Gasteiger charge is -2.27. The minimum Gasteiger partial charge on any atom is -1.00 e. The number of ether oxygens (including phenoxy) is 3. The van der Waals surface area contributed by atoms with Crippen molar-refractivity contribution in [2.75, 3.05) is 33.4 Å². The van der Waals surface area contributed by atoms with Crippen LogP contribution in [-0.4, -0.2) is 65.8 Å². The van der Waals surface area contributed by atoms with E-state index >= 15 is 0 Å². The number of nitro benzene ring substituents is 2. The summed E-state index contributed by atoms with van der Waals surface area (Å²) in [6, 6.07) is 7.35. The molecule has 0 aliphatic rings. The summed E-state index contributed by atoms with van der Waals surface area (Å²) in [5, 5.41) is 22.5. The second kappa shape index (κ2) is 21.0. The summed E-state index contributed by atoms with van der Waals surface area (Å²) in [5.41, 5.74) is -0.00462. The van der Waals surface area contributed by atoms with Crippen molar-refractivity contribution in [2.45, 2.75) is 90.6 Å². The van der Waals surface area contributed by atoms with E-state index in [1.165, 1.54) is 19.2 Å². The van der Waals surface area contributed by atoms with Gasteiger partial charge in [0.05, 0.1) is 23.4 Å². The molecule has 0 fully saturated rings. The first-order chi connectivity index (χ1) is 21.4. The summed E-state index contributed by atoms with van der Waals surface area (Å²) < 4.78 is 17.6. The molecule has 1 heterocycles. The van der Waals surface area contributed by atoms with Crippen LogP contribution in [0.1, 0.15) is 84.1 Å². The first kappa shape index (κ1) is 40.2. The van der Waals surface area contributed by atoms with Gasteiger partial charge in [-0.25, -0.2) is 4.79 Å². The molecule has 0 aliphatic heterocycles. The van der Waals surface area contributed by atoms with Crippen LogP contribution in [0.4, 0.5) is 16.2 Å². The van der Waals surface area contributed by atoms with Crippen molar-refractivity contribution in [1.82, 2.24) is 4.90 Å². The number of halogens is 1. The second-order valence-corrected chi connectivity index (χ2v) is 11.8. The molecule has 256 valence electrons. The molecule has 0 radical (unpaired) electrons. The molecule has 0 bridgehead atoms. The van der Waals surface area contributed by atoms with E-state index in [1.807, 2.05) is 26.8 Å². The highest BCUT2D eigenvalue weighted by molar-refractivity contribution is 5.72. The van der Waals surface area contributed by atoms with E-state index in [4.69, 9.17) is 14.2 Å². The lowest BCUT2D eigenvalue weighted by molar-refractivity contribution is -0.601. The van der Waals surface area contributed by atoms with Gasteiger partial charge in [0.25, 0.3) is 11.4 Å². The summed E-state index contributed by atoms with van der Waals surface area (Å²) >= 11 is 0. The molecule has 0 saturated carbocycles. The van der Waals surface area contributed by atoms with Gasteiger partial charge < -0.3 is 31.5 Å². The predicted molar refractivity (Wildman–Crippen MR) is 167 cm³/mol. The molecule has 13 nitrogen and oxygen atoms in total. The molecule has 46 heavy (non-hydrogen) atoms. The number of carbonyl (C=O) groups is 2. The number of hydrogen-bond acceptors (Lipinski definition) is 9. The van der Waals surface area contributed by atoms with Crippen LogP contribution in [0.15, 0.2) is 42.7 Å². The van der Waals surface area contributed by atoms with Crippen molar-refractivity contribution < 1.29 is 50.6 Å². The zero-order valence-corrected chi connectivity index (χ0v) is 28.0. The van der Waals surface area contributed by atoms with Crippen molar-refractivity contribution in [3.8, 4) is 5.69 Å². The van der Waals surface area contributed by atoms with E-state index in [-0.39, 0.29) is 48.4 Å². The topological polar surface area (TPSA) is 155 Å². The summed E-state index contributed by atoms with van der Waals surface area (Å²) in [6.45, 7) is 7.57. The Morgan fingerprint density at radius 1 is 0.891 bits per heavy atom. The normalized spacial score (nSPS) is 11.0. The molecule has 2 rings (SSSR count). The molecule has 0 N–H and O–H groups in total. The Bertz CT molecular complexity index is 1270. The van der Waals surface area contributed by atoms with E-state index in [2.05, 4.69) is 0 Å². The van der Waals surface area contributed by atoms with Crippen LogP contribution in [0.2, 0.25) is 0 Å². The minimum atomic E-state index is -0.650. The molecular weight excluding hydrogens is 620 g/mol. The van der Waals surface area contributed by atoms with Gasteiger partial charge in [-0.3, -0.25) is 25.0 Å². The van der Waals surface area contributed by atoms with Gasteiger partial charge in [0.15, 0.2) is 12.4 Å². The van der Waals surface area contributed by atoms with Crippen LogP contribution >= 0.6 is 0 Å². The fourth-order valence-corrected chi connectivity index (χ4v) is 4.63. The van der Waals surface area contributed by atoms with E-state index in [9.17, 15) is 29.8 Å². The van der Waals surface area contributed by atoms with E-state index < -0.39 is 21.5 Å². The molecule has 1 aromatic heterocycles. The number of methoxy groups -OCH3 is 1. The van der Waals surface area contributed by atoms with Gasteiger partial charge in [0.1, 0.15) is 11.7 Å². The lowest BCUT2D eigenvalue weighted by atomic mass is 10.1. The van der Waals surface area contributed by atoms with Crippen molar-refractivity contribution in [1.29, 1.82) is 0 Å². The number of nitro groups is 2. The maximum Gasteiger partial charge on any atom is 0.410 e. The van der Waals surface area contributed by atoms with Crippen molar-refractivity contribution in [3.63, 3.8) is 0 Å². The number of non-ortho nitro benzene ring substituents is 1. The number of nitrogens with zero attached hydrogens (tertiary/aromatic N) is 4. The molecule has 2 aromatic rings. The van der Waals surface area contributed by atoms with Crippen LogP contribution in [0.5, 0.6) is 0 Å². The predicted octanol–water partition coefficient (Wildman–Crippen LogP) is 3.26. The Hall–Kier alpha value is -3.84. The third kappa shape index (κ3) is 15.4. The Morgan fingerprint density at radius 3 is 2.17 bits per heavy atom. The number of carbonyl (C=O) groups excluding carboxylic acids is 2. The molecule has 0 saturated heterocycles. The fourth-order valence-electron chi connectivity index (χ4n) is 4.63. The summed E-state index contributed by atoms with van der Waals surface area (Å²) in [5.74, 6) is -0.353. The fraction of sp³-hybridized carbons (Fsp3) is 0.594. The first-order valence-corrected chi connectivity index (χ1v) is 15.5. The van der Waals surface area contributed by atoms with Gasteiger partial charge in [-0.05, 0) is 52.5 Å². The van der Waals surface area contributed by atoms with Crippen LogP contribution in [0, 0.1) is 20.2 Å². The maximum absolute atomic E-state index is 12.5. The molecular formula is C32H47ClN4O9. The highest BCUT2D eigenvalue weighted by Gasteiger charge is 2.26. The number of unbranched alkanes of at least 4 members (excludes halogenated alkanes) is 6. The van der Waals surface area contributed by atoms with Crippen LogP contribution in [-0.2, 0) is 25.4 Å². The standard InChI is InChI=1S/C32H47N4O9.ClH/c1-32(2,3)45-31(38)33(21-18-30(37)43-4)19-10-8-6-5-7-9-11-22-44-23-13-15-26-14-12-20-34(25-26)28-17-16-27(35(39)40)24-29(28)36(41)42;/h12,14,16-17,20,24-25H,5-11,13,15,18-19,21-23H2,1-4H3;1H/q+1;/p-1. The molecule has 1 aromatic carbocycles. The van der Waals surface area contributed by atoms with E-state index in [1.54, 1.807) is 27.9 Å². The lowest BCUT2D eigenvalue weighted by Crippen LogP contribution is -3.00. The number of aryl methyl sites for hydroxylation is 1. The van der Waals surface area contributed by atoms with Gasteiger partial charge in [-0.15, -0.1) is 0 Å². The first-order valence-electron chi connectivity index (χ1n) is 15.5. The van der Waals surface area contributed by atoms with Gasteiger partial charge in [0, 0.05) is 50.1 Å². The summed E-state index contributed by atoms with van der Waals surface area (Å²) in [6.07, 6.45) is 11.9. The highest BCUT2D eigenvalue weighted by atomic mass is 35.5. The molecule has 14 heteroatoms. The Labute approximate surface area is 276 Å². The van der Waals surface area contributed by atoms with Gasteiger partial charge in [-0.1, -0.05) is 32.1 Å². The zero-order chi connectivity index (χ0) is 33.2. The monoisotopic (exact) mass is 666 g/mol. The maximum atomic E-state index is 12.5. The number of hydrogen-bond donors (Lipinski definition) is 0. The second-order valence-electron chi connectivity index (χ2n) is 11.8. The largest absolute Gasteiger partial charge is 1.00 e. The Balaban J connectivity index is 0.0000106. The molecule has 0 unspecified atom stereocenters. The van der Waals surface area contributed by atoms with Crippen molar-refractivity contribution >= 4 is 23.4 Å². The van der Waals surface area contributed by atoms with Gasteiger partial charge >= 0.3 is 17.7 Å². The van der Waals surface area contributed by atoms with Crippen molar-refractivity contribution in [2.24, 2.45) is 0 Å². The number of pyridine rings is 1. The van der Waals surface area contributed by atoms with Crippen LogP contribution in [0.3, 0.4) is 0 Å². The highest BCUT2D eigenvalue weighted by Crippen LogP contribution is 2.24. The molecule has 0 aliphatic carbocycles. The Morgan fingerprint density at radius 2 is 1.54 bits per heavy atom. The smallest absolute Gasteiger partial charge is 0.410 e.